The van der Waals surface area contributed by atoms with Gasteiger partial charge in [-0.05, 0) is 29.8 Å². The van der Waals surface area contributed by atoms with Crippen LogP contribution in [0.3, 0.4) is 0 Å². The number of rotatable bonds is 7. The Labute approximate surface area is 222 Å². The largest absolute Gasteiger partial charge is 0.508 e. The first-order valence-electron chi connectivity index (χ1n) is 12.3. The first-order chi connectivity index (χ1) is 18.6. The minimum Gasteiger partial charge on any atom is -0.508 e. The van der Waals surface area contributed by atoms with Gasteiger partial charge in [0.1, 0.15) is 53.4 Å². The number of ether oxygens (including phenoxy) is 5. The molecule has 2 aromatic rings. The number of aliphatic hydroxyl groups is 6. The highest BCUT2D eigenvalue weighted by molar-refractivity contribution is 6.00. The van der Waals surface area contributed by atoms with E-state index in [0.717, 1.165) is 0 Å². The van der Waals surface area contributed by atoms with E-state index in [2.05, 4.69) is 0 Å². The Morgan fingerprint density at radius 3 is 2.41 bits per heavy atom. The first kappa shape index (κ1) is 27.7. The second-order valence-electron chi connectivity index (χ2n) is 9.79. The summed E-state index contributed by atoms with van der Waals surface area (Å²) in [5.74, 6) is 0.348. The maximum Gasteiger partial charge on any atom is 0.229 e. The minimum atomic E-state index is -1.98. The molecule has 212 valence electrons. The number of fused-ring (bicyclic) bond motifs is 1. The molecule has 0 spiro atoms. The Hall–Kier alpha value is -2.85. The van der Waals surface area contributed by atoms with E-state index in [4.69, 9.17) is 23.7 Å². The highest BCUT2D eigenvalue weighted by atomic mass is 16.8. The fourth-order valence-electron chi connectivity index (χ4n) is 4.75. The predicted molar refractivity (Wildman–Crippen MR) is 128 cm³/mol. The van der Waals surface area contributed by atoms with E-state index in [1.165, 1.54) is 18.2 Å². The molecule has 2 saturated heterocycles. The van der Waals surface area contributed by atoms with Crippen molar-refractivity contribution in [2.24, 2.45) is 0 Å². The molecular formula is C26H30O13. The third-order valence-electron chi connectivity index (χ3n) is 7.11. The molecule has 9 atom stereocenters. The number of aliphatic hydroxyl groups excluding tert-OH is 5. The molecule has 13 heteroatoms. The van der Waals surface area contributed by atoms with Gasteiger partial charge in [-0.2, -0.15) is 0 Å². The second-order valence-corrected chi connectivity index (χ2v) is 9.79. The third-order valence-corrected chi connectivity index (χ3v) is 7.11. The van der Waals surface area contributed by atoms with Crippen molar-refractivity contribution in [3.05, 3.63) is 53.6 Å². The fourth-order valence-corrected chi connectivity index (χ4v) is 4.75. The van der Waals surface area contributed by atoms with E-state index < -0.39 is 74.6 Å². The zero-order chi connectivity index (χ0) is 27.9. The van der Waals surface area contributed by atoms with Crippen LogP contribution in [0, 0.1) is 0 Å². The number of hydrogen-bond acceptors (Lipinski definition) is 13. The summed E-state index contributed by atoms with van der Waals surface area (Å²) in [4.78, 5) is 12.5. The normalized spacial score (nSPS) is 36.3. The van der Waals surface area contributed by atoms with Crippen LogP contribution in [0.25, 0.3) is 0 Å². The molecule has 3 heterocycles. The number of aromatic hydroxyl groups is 1. The smallest absolute Gasteiger partial charge is 0.229 e. The van der Waals surface area contributed by atoms with Crippen molar-refractivity contribution in [2.45, 2.75) is 61.2 Å². The maximum absolute atomic E-state index is 12.5. The molecule has 0 radical (unpaired) electrons. The molecule has 3 aliphatic heterocycles. The first-order valence-corrected chi connectivity index (χ1v) is 12.3. The summed E-state index contributed by atoms with van der Waals surface area (Å²) in [6.45, 7) is -1.88. The number of hydrogen-bond donors (Lipinski definition) is 7. The number of carbonyl (C=O) groups excluding carboxylic acids is 1. The van der Waals surface area contributed by atoms with Gasteiger partial charge in [0.2, 0.25) is 6.29 Å². The van der Waals surface area contributed by atoms with Crippen molar-refractivity contribution < 1.29 is 64.2 Å². The quantitative estimate of drug-likeness (QED) is 0.215. The van der Waals surface area contributed by atoms with Gasteiger partial charge in [-0.1, -0.05) is 12.1 Å². The predicted octanol–water partition coefficient (Wildman–Crippen LogP) is -1.26. The molecule has 13 nitrogen and oxygen atoms in total. The summed E-state index contributed by atoms with van der Waals surface area (Å²) in [6.07, 6.45) is -10.9. The molecule has 2 aromatic carbocycles. The lowest BCUT2D eigenvalue weighted by molar-refractivity contribution is -0.318. The van der Waals surface area contributed by atoms with Crippen molar-refractivity contribution in [3.63, 3.8) is 0 Å². The van der Waals surface area contributed by atoms with Crippen LogP contribution in [0.5, 0.6) is 17.2 Å². The van der Waals surface area contributed by atoms with Crippen molar-refractivity contribution in [1.29, 1.82) is 0 Å². The molecule has 39 heavy (non-hydrogen) atoms. The van der Waals surface area contributed by atoms with Crippen molar-refractivity contribution in [2.75, 3.05) is 19.8 Å². The van der Waals surface area contributed by atoms with E-state index in [0.29, 0.717) is 11.1 Å². The van der Waals surface area contributed by atoms with E-state index in [1.807, 2.05) is 0 Å². The average Bonchev–Trinajstić information content (AvgIpc) is 3.21. The Morgan fingerprint density at radius 2 is 1.74 bits per heavy atom. The monoisotopic (exact) mass is 550 g/mol. The molecule has 3 aliphatic rings. The summed E-state index contributed by atoms with van der Waals surface area (Å²) in [6, 6.07) is 10.7. The summed E-state index contributed by atoms with van der Waals surface area (Å²) >= 11 is 0. The summed E-state index contributed by atoms with van der Waals surface area (Å²) in [5, 5.41) is 70.3. The highest BCUT2D eigenvalue weighted by Gasteiger charge is 2.53. The van der Waals surface area contributed by atoms with Gasteiger partial charge in [-0.15, -0.1) is 0 Å². The Morgan fingerprint density at radius 1 is 1.00 bits per heavy atom. The van der Waals surface area contributed by atoms with Gasteiger partial charge in [-0.25, -0.2) is 0 Å². The van der Waals surface area contributed by atoms with Crippen molar-refractivity contribution in [3.8, 4) is 17.2 Å². The Balaban J connectivity index is 1.31. The number of Topliss-reactive ketones (excluding diaryl/α,β-unsaturated/α-hetero) is 1. The lowest BCUT2D eigenvalue weighted by Gasteiger charge is -2.42. The van der Waals surface area contributed by atoms with E-state index in [1.54, 1.807) is 24.3 Å². The Bertz CT molecular complexity index is 1170. The van der Waals surface area contributed by atoms with Crippen LogP contribution < -0.4 is 9.47 Å². The molecule has 5 rings (SSSR count). The highest BCUT2D eigenvalue weighted by Crippen LogP contribution is 2.38. The molecular weight excluding hydrogens is 520 g/mol. The van der Waals surface area contributed by atoms with Gasteiger partial charge in [0.15, 0.2) is 18.2 Å². The molecule has 0 saturated carbocycles. The van der Waals surface area contributed by atoms with Crippen LogP contribution >= 0.6 is 0 Å². The zero-order valence-electron chi connectivity index (χ0n) is 20.6. The van der Waals surface area contributed by atoms with Gasteiger partial charge >= 0.3 is 0 Å². The van der Waals surface area contributed by atoms with E-state index in [9.17, 15) is 40.5 Å². The van der Waals surface area contributed by atoms with E-state index >= 15 is 0 Å². The minimum absolute atomic E-state index is 0.0275. The molecule has 0 aliphatic carbocycles. The number of benzene rings is 2. The van der Waals surface area contributed by atoms with Crippen molar-refractivity contribution >= 4 is 5.78 Å². The molecule has 0 amide bonds. The van der Waals surface area contributed by atoms with Crippen LogP contribution in [-0.4, -0.2) is 110 Å². The number of phenols is 1. The van der Waals surface area contributed by atoms with Crippen LogP contribution in [0.2, 0.25) is 0 Å². The molecule has 0 bridgehead atoms. The summed E-state index contributed by atoms with van der Waals surface area (Å²) in [5.41, 5.74) is -0.945. The number of carbonyl (C=O) groups is 1. The van der Waals surface area contributed by atoms with Gasteiger partial charge in [0.25, 0.3) is 0 Å². The lowest BCUT2D eigenvalue weighted by atomic mass is 9.96. The third kappa shape index (κ3) is 5.33. The van der Waals surface area contributed by atoms with Crippen molar-refractivity contribution in [1.82, 2.24) is 0 Å². The molecule has 0 aromatic heterocycles. The van der Waals surface area contributed by atoms with Crippen LogP contribution in [0.15, 0.2) is 42.5 Å². The van der Waals surface area contributed by atoms with Gasteiger partial charge in [0.05, 0.1) is 31.8 Å². The van der Waals surface area contributed by atoms with Crippen LogP contribution in [-0.2, 0) is 14.2 Å². The summed E-state index contributed by atoms with van der Waals surface area (Å²) < 4.78 is 28.3. The zero-order valence-corrected chi connectivity index (χ0v) is 20.6. The summed E-state index contributed by atoms with van der Waals surface area (Å²) in [7, 11) is 0. The van der Waals surface area contributed by atoms with Crippen LogP contribution in [0.1, 0.15) is 28.4 Å². The standard InChI is InChI=1S/C26H30O13/c27-9-19-20(31)21(32)22(39-25-23(33)26(34,10-28)11-35-25)24(38-19)36-14-4-1-12(2-5-14)17-8-16(30)15-6-3-13(29)7-18(15)37-17/h1-7,17,19-25,27-29,31-34H,8-11H2/t17?,19?,20?,21?,22?,23?,24?,25-,26-/m1/s1. The second kappa shape index (κ2) is 11.0. The number of phenolic OH excluding ortho intramolecular Hbond substituents is 1. The SMILES string of the molecule is O=C1CC(c2ccc(OC3OC(CO)C(O)C(O)C3O[C@H]3OC[C@](O)(CO)C3O)cc2)Oc2cc(O)ccc21. The molecule has 7 unspecified atom stereocenters. The lowest BCUT2D eigenvalue weighted by Crippen LogP contribution is -2.62. The van der Waals surface area contributed by atoms with Gasteiger partial charge in [-0.3, -0.25) is 4.79 Å². The molecule has 7 N–H and O–H groups in total. The van der Waals surface area contributed by atoms with Crippen LogP contribution in [0.4, 0.5) is 0 Å². The topological polar surface area (TPSA) is 205 Å². The van der Waals surface area contributed by atoms with Gasteiger partial charge < -0.3 is 59.4 Å². The average molecular weight is 551 g/mol. The Kier molecular flexibility index (Phi) is 7.79. The van der Waals surface area contributed by atoms with Gasteiger partial charge in [0, 0.05) is 6.07 Å². The van der Waals surface area contributed by atoms with E-state index in [-0.39, 0.29) is 29.5 Å². The maximum atomic E-state index is 12.5. The molecule has 2 fully saturated rings. The fraction of sp³-hybridized carbons (Fsp3) is 0.500. The number of ketones is 1.